The van der Waals surface area contributed by atoms with Gasteiger partial charge in [-0.15, -0.1) is 0 Å². The minimum atomic E-state index is -4.12. The maximum atomic E-state index is 13.7. The predicted octanol–water partition coefficient (Wildman–Crippen LogP) is 3.36. The molecule has 0 fully saturated rings. The smallest absolute Gasteiger partial charge is 0.243 e. The normalized spacial score (nSPS) is 11.3. The first-order chi connectivity index (χ1) is 12.9. The Morgan fingerprint density at radius 1 is 1.07 bits per heavy atom. The van der Waals surface area contributed by atoms with E-state index in [0.29, 0.717) is 11.3 Å². The van der Waals surface area contributed by atoms with Gasteiger partial charge in [0.15, 0.2) is 5.78 Å². The van der Waals surface area contributed by atoms with Crippen LogP contribution in [0, 0.1) is 12.7 Å². The SMILES string of the molecule is Cc1cc(C(=O)CNS(=O)(=O)c2ccccc2F)cc(-c2ccccn2)c1. The first kappa shape index (κ1) is 18.9. The van der Waals surface area contributed by atoms with E-state index in [2.05, 4.69) is 9.71 Å². The lowest BCUT2D eigenvalue weighted by molar-refractivity contribution is 0.0997. The number of aromatic nitrogens is 1. The number of carbonyl (C=O) groups excluding carboxylic acids is 1. The van der Waals surface area contributed by atoms with Gasteiger partial charge < -0.3 is 0 Å². The maximum absolute atomic E-state index is 13.7. The average Bonchev–Trinajstić information content (AvgIpc) is 2.66. The molecule has 3 aromatic rings. The van der Waals surface area contributed by atoms with E-state index in [1.807, 2.05) is 25.1 Å². The fourth-order valence-corrected chi connectivity index (χ4v) is 3.69. The Balaban J connectivity index is 1.81. The van der Waals surface area contributed by atoms with Crippen molar-refractivity contribution in [3.8, 4) is 11.3 Å². The maximum Gasteiger partial charge on any atom is 0.243 e. The number of hydrogen-bond donors (Lipinski definition) is 1. The number of aryl methyl sites for hydroxylation is 1. The van der Waals surface area contributed by atoms with Gasteiger partial charge in [0.1, 0.15) is 10.7 Å². The van der Waals surface area contributed by atoms with Crippen LogP contribution in [0.2, 0.25) is 0 Å². The standard InChI is InChI=1S/C20H17FN2O3S/c1-14-10-15(18-7-4-5-9-22-18)12-16(11-14)19(24)13-23-27(25,26)20-8-3-2-6-17(20)21/h2-12,23H,13H2,1H3. The second kappa shape index (κ2) is 7.77. The van der Waals surface area contributed by atoms with Gasteiger partial charge in [0.05, 0.1) is 12.2 Å². The van der Waals surface area contributed by atoms with Crippen LogP contribution >= 0.6 is 0 Å². The molecular formula is C20H17FN2O3S. The first-order valence-corrected chi connectivity index (χ1v) is 9.65. The van der Waals surface area contributed by atoms with E-state index < -0.39 is 33.1 Å². The van der Waals surface area contributed by atoms with Crippen molar-refractivity contribution in [2.45, 2.75) is 11.8 Å². The number of nitrogens with one attached hydrogen (secondary N) is 1. The quantitative estimate of drug-likeness (QED) is 0.661. The van der Waals surface area contributed by atoms with Crippen LogP contribution in [0.5, 0.6) is 0 Å². The molecule has 1 aromatic heterocycles. The van der Waals surface area contributed by atoms with E-state index in [-0.39, 0.29) is 0 Å². The molecule has 3 rings (SSSR count). The van der Waals surface area contributed by atoms with Crippen molar-refractivity contribution in [1.29, 1.82) is 0 Å². The molecule has 5 nitrogen and oxygen atoms in total. The Labute approximate surface area is 156 Å². The third-order valence-corrected chi connectivity index (χ3v) is 5.34. The molecule has 0 unspecified atom stereocenters. The van der Waals surface area contributed by atoms with Crippen molar-refractivity contribution in [3.05, 3.63) is 83.8 Å². The molecule has 0 spiro atoms. The predicted molar refractivity (Wildman–Crippen MR) is 100 cm³/mol. The Hall–Kier alpha value is -2.90. The second-order valence-electron chi connectivity index (χ2n) is 5.98. The molecule has 0 aliphatic rings. The highest BCUT2D eigenvalue weighted by molar-refractivity contribution is 7.89. The van der Waals surface area contributed by atoms with Crippen molar-refractivity contribution in [2.75, 3.05) is 6.54 Å². The van der Waals surface area contributed by atoms with Crippen molar-refractivity contribution in [3.63, 3.8) is 0 Å². The molecule has 1 heterocycles. The Kier molecular flexibility index (Phi) is 5.43. The van der Waals surface area contributed by atoms with Crippen LogP contribution in [-0.2, 0) is 10.0 Å². The number of rotatable bonds is 6. The van der Waals surface area contributed by atoms with Crippen LogP contribution in [0.15, 0.2) is 71.8 Å². The molecule has 0 aliphatic carbocycles. The number of ketones is 1. The van der Waals surface area contributed by atoms with Gasteiger partial charge in [0.2, 0.25) is 10.0 Å². The van der Waals surface area contributed by atoms with E-state index in [4.69, 9.17) is 0 Å². The first-order valence-electron chi connectivity index (χ1n) is 8.17. The molecule has 0 amide bonds. The summed E-state index contributed by atoms with van der Waals surface area (Å²) in [7, 11) is -4.12. The second-order valence-corrected chi connectivity index (χ2v) is 7.72. The highest BCUT2D eigenvalue weighted by Gasteiger charge is 2.20. The lowest BCUT2D eigenvalue weighted by atomic mass is 10.0. The third-order valence-electron chi connectivity index (χ3n) is 3.91. The van der Waals surface area contributed by atoms with E-state index in [1.165, 1.54) is 12.1 Å². The molecular weight excluding hydrogens is 367 g/mol. The summed E-state index contributed by atoms with van der Waals surface area (Å²) in [6.45, 7) is 1.37. The summed E-state index contributed by atoms with van der Waals surface area (Å²) in [5.41, 5.74) is 2.67. The number of carbonyl (C=O) groups is 1. The lowest BCUT2D eigenvalue weighted by Crippen LogP contribution is -2.30. The molecule has 0 saturated heterocycles. The van der Waals surface area contributed by atoms with Crippen LogP contribution in [-0.4, -0.2) is 25.7 Å². The molecule has 0 bridgehead atoms. The van der Waals surface area contributed by atoms with E-state index >= 15 is 0 Å². The summed E-state index contributed by atoms with van der Waals surface area (Å²) in [5, 5.41) is 0. The molecule has 0 atom stereocenters. The number of sulfonamides is 1. The van der Waals surface area contributed by atoms with Crippen LogP contribution < -0.4 is 4.72 Å². The van der Waals surface area contributed by atoms with Gasteiger partial charge in [-0.2, -0.15) is 0 Å². The van der Waals surface area contributed by atoms with Crippen molar-refractivity contribution in [1.82, 2.24) is 9.71 Å². The summed E-state index contributed by atoms with van der Waals surface area (Å²) >= 11 is 0. The Morgan fingerprint density at radius 2 is 1.81 bits per heavy atom. The van der Waals surface area contributed by atoms with Gasteiger partial charge in [-0.3, -0.25) is 9.78 Å². The van der Waals surface area contributed by atoms with Gasteiger partial charge in [-0.1, -0.05) is 18.2 Å². The van der Waals surface area contributed by atoms with Crippen LogP contribution in [0.3, 0.4) is 0 Å². The number of pyridine rings is 1. The van der Waals surface area contributed by atoms with Crippen LogP contribution in [0.25, 0.3) is 11.3 Å². The number of Topliss-reactive ketones (excluding diaryl/α,β-unsaturated/α-hetero) is 1. The largest absolute Gasteiger partial charge is 0.293 e. The Morgan fingerprint density at radius 3 is 2.52 bits per heavy atom. The average molecular weight is 384 g/mol. The highest BCUT2D eigenvalue weighted by Crippen LogP contribution is 2.20. The van der Waals surface area contributed by atoms with E-state index in [1.54, 1.807) is 24.4 Å². The minimum absolute atomic E-state index is 0.354. The van der Waals surface area contributed by atoms with Gasteiger partial charge in [-0.25, -0.2) is 17.5 Å². The highest BCUT2D eigenvalue weighted by atomic mass is 32.2. The van der Waals surface area contributed by atoms with Crippen LogP contribution in [0.1, 0.15) is 15.9 Å². The number of halogens is 1. The number of hydrogen-bond acceptors (Lipinski definition) is 4. The van der Waals surface area contributed by atoms with Gasteiger partial charge >= 0.3 is 0 Å². The van der Waals surface area contributed by atoms with Crippen molar-refractivity contribution < 1.29 is 17.6 Å². The Bertz CT molecular complexity index is 1080. The zero-order valence-electron chi connectivity index (χ0n) is 14.5. The topological polar surface area (TPSA) is 76.1 Å². The van der Waals surface area contributed by atoms with E-state index in [0.717, 1.165) is 23.3 Å². The fraction of sp³-hybridized carbons (Fsp3) is 0.100. The number of benzene rings is 2. The molecule has 138 valence electrons. The third kappa shape index (κ3) is 4.45. The van der Waals surface area contributed by atoms with Crippen LogP contribution in [0.4, 0.5) is 4.39 Å². The van der Waals surface area contributed by atoms with Crippen molar-refractivity contribution >= 4 is 15.8 Å². The molecule has 2 aromatic carbocycles. The molecule has 0 saturated carbocycles. The lowest BCUT2D eigenvalue weighted by Gasteiger charge is -2.09. The summed E-state index contributed by atoms with van der Waals surface area (Å²) in [6.07, 6.45) is 1.65. The minimum Gasteiger partial charge on any atom is -0.293 e. The number of nitrogens with zero attached hydrogens (tertiary/aromatic N) is 1. The molecule has 0 radical (unpaired) electrons. The summed E-state index contributed by atoms with van der Waals surface area (Å²) in [5.74, 6) is -1.29. The molecule has 0 aliphatic heterocycles. The molecule has 1 N–H and O–H groups in total. The van der Waals surface area contributed by atoms with Gasteiger partial charge in [0, 0.05) is 17.3 Å². The summed E-state index contributed by atoms with van der Waals surface area (Å²) < 4.78 is 40.3. The fourth-order valence-electron chi connectivity index (χ4n) is 2.63. The van der Waals surface area contributed by atoms with E-state index in [9.17, 15) is 17.6 Å². The molecule has 7 heteroatoms. The molecule has 27 heavy (non-hydrogen) atoms. The summed E-state index contributed by atoms with van der Waals surface area (Å²) in [4.78, 5) is 16.3. The van der Waals surface area contributed by atoms with Gasteiger partial charge in [0.25, 0.3) is 0 Å². The summed E-state index contributed by atoms with van der Waals surface area (Å²) in [6, 6.07) is 15.7. The van der Waals surface area contributed by atoms with Gasteiger partial charge in [-0.05, 0) is 55.0 Å². The zero-order valence-corrected chi connectivity index (χ0v) is 15.3. The van der Waals surface area contributed by atoms with Crippen molar-refractivity contribution in [2.24, 2.45) is 0 Å². The zero-order chi connectivity index (χ0) is 19.4. The monoisotopic (exact) mass is 384 g/mol.